The summed E-state index contributed by atoms with van der Waals surface area (Å²) < 4.78 is 11.3. The van der Waals surface area contributed by atoms with E-state index in [1.807, 2.05) is 44.0 Å². The van der Waals surface area contributed by atoms with E-state index in [0.717, 1.165) is 37.8 Å². The second-order valence-electron chi connectivity index (χ2n) is 7.03. The minimum Gasteiger partial charge on any atom is -0.444 e. The van der Waals surface area contributed by atoms with Crippen LogP contribution < -0.4 is 0 Å². The molecule has 1 amide bonds. The van der Waals surface area contributed by atoms with E-state index in [1.54, 1.807) is 6.20 Å². The van der Waals surface area contributed by atoms with Gasteiger partial charge < -0.3 is 14.4 Å². The lowest BCUT2D eigenvalue weighted by Crippen LogP contribution is -2.46. The molecule has 128 valence electrons. The van der Waals surface area contributed by atoms with Crippen molar-refractivity contribution in [1.29, 1.82) is 0 Å². The van der Waals surface area contributed by atoms with Gasteiger partial charge in [0.25, 0.3) is 0 Å². The highest BCUT2D eigenvalue weighted by Crippen LogP contribution is 2.22. The van der Waals surface area contributed by atoms with Gasteiger partial charge in [-0.2, -0.15) is 0 Å². The van der Waals surface area contributed by atoms with Gasteiger partial charge in [-0.05, 0) is 58.1 Å². The normalized spacial score (nSPS) is 18.7. The predicted molar refractivity (Wildman–Crippen MR) is 89.1 cm³/mol. The van der Waals surface area contributed by atoms with Crippen molar-refractivity contribution in [2.45, 2.75) is 64.7 Å². The van der Waals surface area contributed by atoms with Crippen molar-refractivity contribution in [3.8, 4) is 0 Å². The molecule has 0 spiro atoms. The van der Waals surface area contributed by atoms with E-state index in [1.165, 1.54) is 0 Å². The van der Waals surface area contributed by atoms with Gasteiger partial charge >= 0.3 is 6.09 Å². The third-order valence-electron chi connectivity index (χ3n) is 3.84. The maximum absolute atomic E-state index is 12.3. The number of piperidine rings is 1. The molecule has 2 heterocycles. The summed E-state index contributed by atoms with van der Waals surface area (Å²) in [7, 11) is 0. The van der Waals surface area contributed by atoms with Crippen molar-refractivity contribution in [3.05, 3.63) is 30.1 Å². The minimum absolute atomic E-state index is 0.200. The number of hydrogen-bond donors (Lipinski definition) is 0. The Kier molecular flexibility index (Phi) is 6.39. The highest BCUT2D eigenvalue weighted by molar-refractivity contribution is 5.68. The second-order valence-corrected chi connectivity index (χ2v) is 7.03. The van der Waals surface area contributed by atoms with E-state index in [-0.39, 0.29) is 12.1 Å². The molecule has 1 aromatic heterocycles. The fraction of sp³-hybridized carbons (Fsp3) is 0.667. The molecule has 1 saturated heterocycles. The van der Waals surface area contributed by atoms with Gasteiger partial charge in [-0.15, -0.1) is 0 Å². The number of rotatable bonds is 5. The van der Waals surface area contributed by atoms with Crippen LogP contribution in [0.5, 0.6) is 0 Å². The van der Waals surface area contributed by atoms with E-state index in [2.05, 4.69) is 4.98 Å². The van der Waals surface area contributed by atoms with Crippen LogP contribution in [0.2, 0.25) is 0 Å². The fourth-order valence-electron chi connectivity index (χ4n) is 2.75. The summed E-state index contributed by atoms with van der Waals surface area (Å²) in [4.78, 5) is 18.3. The molecule has 0 radical (unpaired) electrons. The fourth-order valence-corrected chi connectivity index (χ4v) is 2.75. The molecule has 2 rings (SSSR count). The Morgan fingerprint density at radius 1 is 1.39 bits per heavy atom. The van der Waals surface area contributed by atoms with Crippen LogP contribution in [0.25, 0.3) is 0 Å². The van der Waals surface area contributed by atoms with E-state index in [0.29, 0.717) is 13.2 Å². The Hall–Kier alpha value is -1.62. The van der Waals surface area contributed by atoms with Crippen molar-refractivity contribution >= 4 is 6.09 Å². The second kappa shape index (κ2) is 8.29. The maximum Gasteiger partial charge on any atom is 0.410 e. The average Bonchev–Trinajstić information content (AvgIpc) is 2.51. The van der Waals surface area contributed by atoms with E-state index in [4.69, 9.17) is 9.47 Å². The number of pyridine rings is 1. The number of amides is 1. The molecular formula is C18H28N2O3. The standard InChI is InChI=1S/C18H28N2O3/c1-18(2,3)23-17(21)20-11-5-4-8-16(20)9-12-22-14-15-7-6-10-19-13-15/h6-7,10,13,16H,4-5,8-9,11-12,14H2,1-3H3. The number of nitrogens with zero attached hydrogens (tertiary/aromatic N) is 2. The van der Waals surface area contributed by atoms with Crippen LogP contribution in [0.15, 0.2) is 24.5 Å². The lowest BCUT2D eigenvalue weighted by atomic mass is 10.0. The van der Waals surface area contributed by atoms with Crippen LogP contribution >= 0.6 is 0 Å². The van der Waals surface area contributed by atoms with E-state index >= 15 is 0 Å². The Morgan fingerprint density at radius 3 is 2.91 bits per heavy atom. The number of hydrogen-bond acceptors (Lipinski definition) is 4. The van der Waals surface area contributed by atoms with Crippen molar-refractivity contribution < 1.29 is 14.3 Å². The van der Waals surface area contributed by atoms with Crippen LogP contribution in [0.4, 0.5) is 4.79 Å². The summed E-state index contributed by atoms with van der Waals surface area (Å²) >= 11 is 0. The third kappa shape index (κ3) is 6.18. The van der Waals surface area contributed by atoms with Crippen LogP contribution in [0, 0.1) is 0 Å². The summed E-state index contributed by atoms with van der Waals surface area (Å²) in [5.74, 6) is 0. The lowest BCUT2D eigenvalue weighted by Gasteiger charge is -2.36. The van der Waals surface area contributed by atoms with Gasteiger partial charge in [-0.25, -0.2) is 4.79 Å². The van der Waals surface area contributed by atoms with Crippen LogP contribution in [-0.4, -0.2) is 40.8 Å². The first-order valence-corrected chi connectivity index (χ1v) is 8.42. The number of carbonyl (C=O) groups is 1. The average molecular weight is 320 g/mol. The quantitative estimate of drug-likeness (QED) is 0.775. The smallest absolute Gasteiger partial charge is 0.410 e. The van der Waals surface area contributed by atoms with Gasteiger partial charge in [0, 0.05) is 31.6 Å². The molecule has 0 bridgehead atoms. The summed E-state index contributed by atoms with van der Waals surface area (Å²) in [6.45, 7) is 7.69. The monoisotopic (exact) mass is 320 g/mol. The molecule has 1 unspecified atom stereocenters. The highest BCUT2D eigenvalue weighted by Gasteiger charge is 2.30. The predicted octanol–water partition coefficient (Wildman–Crippen LogP) is 3.78. The van der Waals surface area contributed by atoms with Crippen molar-refractivity contribution in [2.75, 3.05) is 13.2 Å². The molecule has 0 aromatic carbocycles. The molecular weight excluding hydrogens is 292 g/mol. The van der Waals surface area contributed by atoms with Crippen molar-refractivity contribution in [3.63, 3.8) is 0 Å². The van der Waals surface area contributed by atoms with Crippen molar-refractivity contribution in [2.24, 2.45) is 0 Å². The van der Waals surface area contributed by atoms with Gasteiger partial charge in [0.05, 0.1) is 6.61 Å². The molecule has 0 aliphatic carbocycles. The number of likely N-dealkylation sites (tertiary alicyclic amines) is 1. The SMILES string of the molecule is CC(C)(C)OC(=O)N1CCCCC1CCOCc1cccnc1. The topological polar surface area (TPSA) is 51.7 Å². The Balaban J connectivity index is 1.78. The van der Waals surface area contributed by atoms with Crippen LogP contribution in [-0.2, 0) is 16.1 Å². The summed E-state index contributed by atoms with van der Waals surface area (Å²) in [5.41, 5.74) is 0.621. The number of carbonyl (C=O) groups excluding carboxylic acids is 1. The Labute approximate surface area is 139 Å². The molecule has 1 fully saturated rings. The lowest BCUT2D eigenvalue weighted by molar-refractivity contribution is 0.00378. The zero-order valence-electron chi connectivity index (χ0n) is 14.5. The zero-order chi connectivity index (χ0) is 16.7. The summed E-state index contributed by atoms with van der Waals surface area (Å²) in [5, 5.41) is 0. The summed E-state index contributed by atoms with van der Waals surface area (Å²) in [6, 6.07) is 4.12. The molecule has 0 N–H and O–H groups in total. The molecule has 23 heavy (non-hydrogen) atoms. The first-order chi connectivity index (χ1) is 11.0. The van der Waals surface area contributed by atoms with Gasteiger partial charge in [0.1, 0.15) is 5.60 Å². The highest BCUT2D eigenvalue weighted by atomic mass is 16.6. The van der Waals surface area contributed by atoms with E-state index in [9.17, 15) is 4.79 Å². The minimum atomic E-state index is -0.449. The molecule has 5 nitrogen and oxygen atoms in total. The Morgan fingerprint density at radius 2 is 2.22 bits per heavy atom. The van der Waals surface area contributed by atoms with Gasteiger partial charge in [-0.3, -0.25) is 4.98 Å². The number of aromatic nitrogens is 1. The zero-order valence-corrected chi connectivity index (χ0v) is 14.5. The first-order valence-electron chi connectivity index (χ1n) is 8.42. The molecule has 1 aromatic rings. The Bertz CT molecular complexity index is 485. The van der Waals surface area contributed by atoms with E-state index < -0.39 is 5.60 Å². The van der Waals surface area contributed by atoms with Gasteiger partial charge in [0.2, 0.25) is 0 Å². The molecule has 1 aliphatic rings. The summed E-state index contributed by atoms with van der Waals surface area (Å²) in [6.07, 6.45) is 7.44. The largest absolute Gasteiger partial charge is 0.444 e. The van der Waals surface area contributed by atoms with Crippen molar-refractivity contribution in [1.82, 2.24) is 9.88 Å². The third-order valence-corrected chi connectivity index (χ3v) is 3.84. The first kappa shape index (κ1) is 17.7. The van der Waals surface area contributed by atoms with Crippen LogP contribution in [0.3, 0.4) is 0 Å². The molecule has 1 atom stereocenters. The van der Waals surface area contributed by atoms with Crippen LogP contribution in [0.1, 0.15) is 52.0 Å². The number of ether oxygens (including phenoxy) is 2. The van der Waals surface area contributed by atoms with Gasteiger partial charge in [-0.1, -0.05) is 6.07 Å². The molecule has 0 saturated carbocycles. The molecule has 1 aliphatic heterocycles. The van der Waals surface area contributed by atoms with Gasteiger partial charge in [0.15, 0.2) is 0 Å². The molecule has 5 heteroatoms. The maximum atomic E-state index is 12.3.